The molecule has 0 aliphatic heterocycles. The molecular formula is C15H21Cl. The number of hydrogen-bond acceptors (Lipinski definition) is 0. The fourth-order valence-corrected chi connectivity index (χ4v) is 2.95. The second-order valence-corrected chi connectivity index (χ2v) is 5.99. The summed E-state index contributed by atoms with van der Waals surface area (Å²) in [7, 11) is 0. The maximum atomic E-state index is 6.14. The molecule has 0 amide bonds. The van der Waals surface area contributed by atoms with Crippen LogP contribution >= 0.6 is 11.6 Å². The molecule has 1 aliphatic rings. The SMILES string of the molecule is CC(C)c1ccc(CC2CCC(Cl)C2)cc1. The normalized spacial score (nSPS) is 25.2. The zero-order valence-corrected chi connectivity index (χ0v) is 11.0. The van der Waals surface area contributed by atoms with Crippen molar-refractivity contribution < 1.29 is 0 Å². The van der Waals surface area contributed by atoms with Crippen LogP contribution in [0.5, 0.6) is 0 Å². The fourth-order valence-electron chi connectivity index (χ4n) is 2.57. The second-order valence-electron chi connectivity index (χ2n) is 5.38. The second kappa shape index (κ2) is 5.23. The van der Waals surface area contributed by atoms with E-state index < -0.39 is 0 Å². The summed E-state index contributed by atoms with van der Waals surface area (Å²) in [6, 6.07) is 9.12. The van der Waals surface area contributed by atoms with Crippen LogP contribution in [0, 0.1) is 5.92 Å². The predicted molar refractivity (Wildman–Crippen MR) is 71.2 cm³/mol. The Morgan fingerprint density at radius 3 is 2.38 bits per heavy atom. The van der Waals surface area contributed by atoms with E-state index in [0.29, 0.717) is 11.3 Å². The topological polar surface area (TPSA) is 0 Å². The summed E-state index contributed by atoms with van der Waals surface area (Å²) in [6.07, 6.45) is 4.92. The minimum atomic E-state index is 0.430. The van der Waals surface area contributed by atoms with Gasteiger partial charge in [0, 0.05) is 5.38 Å². The molecular weight excluding hydrogens is 216 g/mol. The van der Waals surface area contributed by atoms with E-state index in [4.69, 9.17) is 11.6 Å². The molecule has 0 heterocycles. The van der Waals surface area contributed by atoms with Gasteiger partial charge in [0.2, 0.25) is 0 Å². The average Bonchev–Trinajstić information content (AvgIpc) is 2.65. The van der Waals surface area contributed by atoms with Crippen LogP contribution in [0.3, 0.4) is 0 Å². The van der Waals surface area contributed by atoms with E-state index in [2.05, 4.69) is 38.1 Å². The van der Waals surface area contributed by atoms with E-state index in [1.165, 1.54) is 36.8 Å². The van der Waals surface area contributed by atoms with E-state index in [1.807, 2.05) is 0 Å². The molecule has 1 saturated carbocycles. The van der Waals surface area contributed by atoms with E-state index in [9.17, 15) is 0 Å². The van der Waals surface area contributed by atoms with Crippen molar-refractivity contribution in [3.63, 3.8) is 0 Å². The average molecular weight is 237 g/mol. The lowest BCUT2D eigenvalue weighted by atomic mass is 9.95. The fraction of sp³-hybridized carbons (Fsp3) is 0.600. The summed E-state index contributed by atoms with van der Waals surface area (Å²) in [5.74, 6) is 1.44. The van der Waals surface area contributed by atoms with Crippen molar-refractivity contribution in [1.82, 2.24) is 0 Å². The largest absolute Gasteiger partial charge is 0.123 e. The molecule has 1 aliphatic carbocycles. The molecule has 0 spiro atoms. The highest BCUT2D eigenvalue weighted by molar-refractivity contribution is 6.20. The van der Waals surface area contributed by atoms with E-state index in [1.54, 1.807) is 0 Å². The van der Waals surface area contributed by atoms with Crippen LogP contribution in [0.1, 0.15) is 50.2 Å². The highest BCUT2D eigenvalue weighted by atomic mass is 35.5. The van der Waals surface area contributed by atoms with Crippen LogP contribution < -0.4 is 0 Å². The van der Waals surface area contributed by atoms with Gasteiger partial charge in [0.1, 0.15) is 0 Å². The molecule has 1 heteroatoms. The van der Waals surface area contributed by atoms with Gasteiger partial charge >= 0.3 is 0 Å². The summed E-state index contributed by atoms with van der Waals surface area (Å²) in [4.78, 5) is 0. The summed E-state index contributed by atoms with van der Waals surface area (Å²) < 4.78 is 0. The minimum Gasteiger partial charge on any atom is -0.123 e. The van der Waals surface area contributed by atoms with Crippen LogP contribution in [0.4, 0.5) is 0 Å². The van der Waals surface area contributed by atoms with Gasteiger partial charge in [0.05, 0.1) is 0 Å². The highest BCUT2D eigenvalue weighted by Gasteiger charge is 2.22. The van der Waals surface area contributed by atoms with Crippen LogP contribution in [-0.2, 0) is 6.42 Å². The summed E-state index contributed by atoms with van der Waals surface area (Å²) in [5.41, 5.74) is 2.91. The molecule has 0 radical (unpaired) electrons. The first-order valence-electron chi connectivity index (χ1n) is 6.38. The quantitative estimate of drug-likeness (QED) is 0.664. The Hall–Kier alpha value is -0.490. The van der Waals surface area contributed by atoms with Gasteiger partial charge in [-0.05, 0) is 48.6 Å². The van der Waals surface area contributed by atoms with Gasteiger partial charge < -0.3 is 0 Å². The number of halogens is 1. The molecule has 88 valence electrons. The van der Waals surface area contributed by atoms with Gasteiger partial charge in [-0.3, -0.25) is 0 Å². The molecule has 0 aromatic heterocycles. The van der Waals surface area contributed by atoms with Gasteiger partial charge in [-0.25, -0.2) is 0 Å². The van der Waals surface area contributed by atoms with E-state index in [0.717, 1.165) is 5.92 Å². The maximum absolute atomic E-state index is 6.14. The Labute approximate surface area is 104 Å². The van der Waals surface area contributed by atoms with Gasteiger partial charge in [-0.1, -0.05) is 38.1 Å². The Morgan fingerprint density at radius 1 is 1.19 bits per heavy atom. The van der Waals surface area contributed by atoms with Crippen molar-refractivity contribution in [2.45, 2.75) is 50.8 Å². The van der Waals surface area contributed by atoms with Crippen LogP contribution in [0.25, 0.3) is 0 Å². The Bertz CT molecular complexity index is 326. The number of benzene rings is 1. The molecule has 2 rings (SSSR count). The molecule has 1 aromatic carbocycles. The standard InChI is InChI=1S/C15H21Cl/c1-11(2)14-6-3-12(4-7-14)9-13-5-8-15(16)10-13/h3-4,6-7,11,13,15H,5,8-10H2,1-2H3. The molecule has 2 atom stereocenters. The highest BCUT2D eigenvalue weighted by Crippen LogP contribution is 2.32. The van der Waals surface area contributed by atoms with Gasteiger partial charge in [-0.15, -0.1) is 11.6 Å². The first-order chi connectivity index (χ1) is 7.65. The van der Waals surface area contributed by atoms with E-state index in [-0.39, 0.29) is 0 Å². The number of hydrogen-bond donors (Lipinski definition) is 0. The van der Waals surface area contributed by atoms with Gasteiger partial charge in [0.25, 0.3) is 0 Å². The molecule has 0 N–H and O–H groups in total. The van der Waals surface area contributed by atoms with Crippen molar-refractivity contribution in [3.05, 3.63) is 35.4 Å². The van der Waals surface area contributed by atoms with Crippen molar-refractivity contribution in [1.29, 1.82) is 0 Å². The lowest BCUT2D eigenvalue weighted by molar-refractivity contribution is 0.547. The third-order valence-corrected chi connectivity index (χ3v) is 4.04. The first kappa shape index (κ1) is 12.0. The summed E-state index contributed by atoms with van der Waals surface area (Å²) in [5, 5.41) is 0.430. The zero-order valence-electron chi connectivity index (χ0n) is 10.2. The number of rotatable bonds is 3. The van der Waals surface area contributed by atoms with Gasteiger partial charge in [-0.2, -0.15) is 0 Å². The number of alkyl halides is 1. The molecule has 2 unspecified atom stereocenters. The van der Waals surface area contributed by atoms with Crippen LogP contribution in [-0.4, -0.2) is 5.38 Å². The third-order valence-electron chi connectivity index (χ3n) is 3.65. The lowest BCUT2D eigenvalue weighted by Gasteiger charge is -2.11. The smallest absolute Gasteiger partial charge is 0.0338 e. The Balaban J connectivity index is 1.95. The lowest BCUT2D eigenvalue weighted by Crippen LogP contribution is -2.00. The van der Waals surface area contributed by atoms with Crippen molar-refractivity contribution in [3.8, 4) is 0 Å². The van der Waals surface area contributed by atoms with Crippen LogP contribution in [0.2, 0.25) is 0 Å². The summed E-state index contributed by atoms with van der Waals surface area (Å²) in [6.45, 7) is 4.48. The van der Waals surface area contributed by atoms with Crippen LogP contribution in [0.15, 0.2) is 24.3 Å². The maximum Gasteiger partial charge on any atom is 0.0338 e. The van der Waals surface area contributed by atoms with Crippen molar-refractivity contribution in [2.24, 2.45) is 5.92 Å². The van der Waals surface area contributed by atoms with E-state index >= 15 is 0 Å². The van der Waals surface area contributed by atoms with Crippen molar-refractivity contribution >= 4 is 11.6 Å². The molecule has 16 heavy (non-hydrogen) atoms. The predicted octanol–water partition coefficient (Wildman–Crippen LogP) is 4.76. The minimum absolute atomic E-state index is 0.430. The summed E-state index contributed by atoms with van der Waals surface area (Å²) >= 11 is 6.14. The molecule has 0 nitrogen and oxygen atoms in total. The molecule has 0 saturated heterocycles. The monoisotopic (exact) mass is 236 g/mol. The Morgan fingerprint density at radius 2 is 1.88 bits per heavy atom. The molecule has 1 fully saturated rings. The zero-order chi connectivity index (χ0) is 11.5. The first-order valence-corrected chi connectivity index (χ1v) is 6.81. The Kier molecular flexibility index (Phi) is 3.91. The third kappa shape index (κ3) is 3.01. The van der Waals surface area contributed by atoms with Gasteiger partial charge in [0.15, 0.2) is 0 Å². The molecule has 0 bridgehead atoms. The molecule has 1 aromatic rings. The van der Waals surface area contributed by atoms with Crippen molar-refractivity contribution in [2.75, 3.05) is 0 Å².